The summed E-state index contributed by atoms with van der Waals surface area (Å²) in [5.41, 5.74) is 1.53. The molecule has 64 valence electrons. The van der Waals surface area contributed by atoms with Crippen LogP contribution in [0.3, 0.4) is 0 Å². The van der Waals surface area contributed by atoms with Gasteiger partial charge in [-0.05, 0) is 12.1 Å². The first-order chi connectivity index (χ1) is 5.90. The van der Waals surface area contributed by atoms with Crippen molar-refractivity contribution in [2.24, 2.45) is 0 Å². The average Bonchev–Trinajstić information content (AvgIpc) is 2.17. The van der Waals surface area contributed by atoms with Crippen molar-refractivity contribution in [3.05, 3.63) is 42.1 Å². The quantitative estimate of drug-likeness (QED) is 0.640. The van der Waals surface area contributed by atoms with Crippen LogP contribution in [0.2, 0.25) is 0 Å². The number of rotatable bonds is 0. The Morgan fingerprint density at radius 1 is 1.23 bits per heavy atom. The molecule has 0 aliphatic rings. The lowest BCUT2D eigenvalue weighted by Gasteiger charge is -1.94. The van der Waals surface area contributed by atoms with E-state index in [1.54, 1.807) is 6.20 Å². The highest BCUT2D eigenvalue weighted by atomic mass is 35.5. The van der Waals surface area contributed by atoms with Gasteiger partial charge in [0, 0.05) is 11.6 Å². The van der Waals surface area contributed by atoms with E-state index < -0.39 is 0 Å². The number of fused-ring (bicyclic) bond motifs is 1. The fraction of sp³-hybridized carbons (Fsp3) is 0. The van der Waals surface area contributed by atoms with Crippen LogP contribution in [0.25, 0.3) is 10.9 Å². The zero-order valence-electron chi connectivity index (χ0n) is 6.77. The predicted octanol–water partition coefficient (Wildman–Crippen LogP) is 2.53. The van der Waals surface area contributed by atoms with Crippen molar-refractivity contribution >= 4 is 23.3 Å². The third kappa shape index (κ3) is 1.77. The molecule has 0 N–H and O–H groups in total. The summed E-state index contributed by atoms with van der Waals surface area (Å²) >= 11 is 0. The standard InChI is InChI=1S/C10H6N2.ClH/c11-6-8-5-9-3-1-2-4-10(9)12-7-8;/h1-5,7H;1H. The highest BCUT2D eigenvalue weighted by molar-refractivity contribution is 5.85. The molecule has 13 heavy (non-hydrogen) atoms. The fourth-order valence-corrected chi connectivity index (χ4v) is 1.13. The fourth-order valence-electron chi connectivity index (χ4n) is 1.13. The number of nitrogens with zero attached hydrogens (tertiary/aromatic N) is 2. The lowest BCUT2D eigenvalue weighted by molar-refractivity contribution is 1.37. The summed E-state index contributed by atoms with van der Waals surface area (Å²) in [5.74, 6) is 0. The number of hydrogen-bond donors (Lipinski definition) is 0. The molecule has 0 aliphatic heterocycles. The van der Waals surface area contributed by atoms with Crippen molar-refractivity contribution in [2.45, 2.75) is 0 Å². The lowest BCUT2D eigenvalue weighted by atomic mass is 10.2. The predicted molar refractivity (Wildman–Crippen MR) is 53.7 cm³/mol. The van der Waals surface area contributed by atoms with Crippen molar-refractivity contribution in [3.63, 3.8) is 0 Å². The van der Waals surface area contributed by atoms with E-state index in [0.717, 1.165) is 10.9 Å². The number of halogens is 1. The zero-order valence-corrected chi connectivity index (χ0v) is 7.58. The molecule has 0 saturated carbocycles. The Balaban J connectivity index is 0.000000845. The average molecular weight is 191 g/mol. The maximum absolute atomic E-state index is 8.61. The van der Waals surface area contributed by atoms with Crippen molar-refractivity contribution in [1.29, 1.82) is 5.26 Å². The molecule has 0 aliphatic carbocycles. The maximum Gasteiger partial charge on any atom is 0.101 e. The molecule has 1 aromatic heterocycles. The largest absolute Gasteiger partial charge is 0.255 e. The molecule has 0 saturated heterocycles. The van der Waals surface area contributed by atoms with Crippen LogP contribution in [-0.4, -0.2) is 4.98 Å². The molecule has 0 bridgehead atoms. The number of pyridine rings is 1. The van der Waals surface area contributed by atoms with E-state index in [4.69, 9.17) is 5.26 Å². The van der Waals surface area contributed by atoms with Gasteiger partial charge in [0.15, 0.2) is 0 Å². The van der Waals surface area contributed by atoms with Gasteiger partial charge in [-0.2, -0.15) is 5.26 Å². The van der Waals surface area contributed by atoms with Crippen LogP contribution in [-0.2, 0) is 0 Å². The van der Waals surface area contributed by atoms with Gasteiger partial charge in [0.1, 0.15) is 6.07 Å². The SMILES string of the molecule is Cl.N#Cc1cnc2ccccc2c1. The van der Waals surface area contributed by atoms with E-state index in [9.17, 15) is 0 Å². The highest BCUT2D eigenvalue weighted by Gasteiger charge is 1.94. The Hall–Kier alpha value is -1.59. The number of para-hydroxylation sites is 1. The lowest BCUT2D eigenvalue weighted by Crippen LogP contribution is -1.80. The second-order valence-corrected chi connectivity index (χ2v) is 2.53. The summed E-state index contributed by atoms with van der Waals surface area (Å²) in [4.78, 5) is 4.13. The monoisotopic (exact) mass is 190 g/mol. The molecule has 2 aromatic rings. The van der Waals surface area contributed by atoms with Gasteiger partial charge >= 0.3 is 0 Å². The van der Waals surface area contributed by atoms with Crippen LogP contribution in [0.15, 0.2) is 36.5 Å². The minimum atomic E-state index is 0. The van der Waals surface area contributed by atoms with E-state index >= 15 is 0 Å². The maximum atomic E-state index is 8.61. The summed E-state index contributed by atoms with van der Waals surface area (Å²) in [6, 6.07) is 11.6. The molecule has 0 amide bonds. The second-order valence-electron chi connectivity index (χ2n) is 2.53. The van der Waals surface area contributed by atoms with Crippen molar-refractivity contribution in [2.75, 3.05) is 0 Å². The summed E-state index contributed by atoms with van der Waals surface area (Å²) < 4.78 is 0. The molecular weight excluding hydrogens is 184 g/mol. The molecule has 3 heteroatoms. The minimum absolute atomic E-state index is 0. The van der Waals surface area contributed by atoms with Crippen LogP contribution in [0.5, 0.6) is 0 Å². The summed E-state index contributed by atoms with van der Waals surface area (Å²) in [5, 5.41) is 9.62. The van der Waals surface area contributed by atoms with Gasteiger partial charge in [-0.3, -0.25) is 4.98 Å². The Labute approximate surface area is 82.2 Å². The van der Waals surface area contributed by atoms with Gasteiger partial charge in [-0.25, -0.2) is 0 Å². The Kier molecular flexibility index (Phi) is 2.84. The Morgan fingerprint density at radius 2 is 2.00 bits per heavy atom. The molecular formula is C10H7ClN2. The summed E-state index contributed by atoms with van der Waals surface area (Å²) in [6.45, 7) is 0. The number of nitriles is 1. The Morgan fingerprint density at radius 3 is 2.77 bits per heavy atom. The van der Waals surface area contributed by atoms with Crippen LogP contribution < -0.4 is 0 Å². The number of aromatic nitrogens is 1. The Bertz CT molecular complexity index is 460. The van der Waals surface area contributed by atoms with Gasteiger partial charge in [0.2, 0.25) is 0 Å². The molecule has 2 rings (SSSR count). The first-order valence-electron chi connectivity index (χ1n) is 3.65. The summed E-state index contributed by atoms with van der Waals surface area (Å²) in [6.07, 6.45) is 1.59. The first-order valence-corrected chi connectivity index (χ1v) is 3.65. The van der Waals surface area contributed by atoms with E-state index in [1.165, 1.54) is 0 Å². The summed E-state index contributed by atoms with van der Waals surface area (Å²) in [7, 11) is 0. The van der Waals surface area contributed by atoms with Crippen molar-refractivity contribution in [3.8, 4) is 6.07 Å². The molecule has 0 unspecified atom stereocenters. The van der Waals surface area contributed by atoms with Crippen molar-refractivity contribution < 1.29 is 0 Å². The molecule has 2 nitrogen and oxygen atoms in total. The molecule has 0 fully saturated rings. The first kappa shape index (κ1) is 9.50. The number of benzene rings is 1. The van der Waals surface area contributed by atoms with Gasteiger partial charge < -0.3 is 0 Å². The molecule has 0 atom stereocenters. The zero-order chi connectivity index (χ0) is 8.39. The van der Waals surface area contributed by atoms with Gasteiger partial charge in [-0.1, -0.05) is 18.2 Å². The van der Waals surface area contributed by atoms with Crippen LogP contribution >= 0.6 is 12.4 Å². The molecule has 1 heterocycles. The molecule has 0 radical (unpaired) electrons. The van der Waals surface area contributed by atoms with Crippen LogP contribution in [0.4, 0.5) is 0 Å². The van der Waals surface area contributed by atoms with Gasteiger partial charge in [0.05, 0.1) is 11.1 Å². The van der Waals surface area contributed by atoms with Gasteiger partial charge in [0.25, 0.3) is 0 Å². The van der Waals surface area contributed by atoms with E-state index in [2.05, 4.69) is 11.1 Å². The highest BCUT2D eigenvalue weighted by Crippen LogP contribution is 2.11. The molecule has 0 spiro atoms. The topological polar surface area (TPSA) is 36.7 Å². The minimum Gasteiger partial charge on any atom is -0.255 e. The third-order valence-corrected chi connectivity index (χ3v) is 1.72. The van der Waals surface area contributed by atoms with Gasteiger partial charge in [-0.15, -0.1) is 12.4 Å². The van der Waals surface area contributed by atoms with E-state index in [0.29, 0.717) is 5.56 Å². The third-order valence-electron chi connectivity index (χ3n) is 1.72. The molecule has 1 aromatic carbocycles. The normalized spacial score (nSPS) is 8.85. The second kappa shape index (κ2) is 3.88. The van der Waals surface area contributed by atoms with Crippen LogP contribution in [0, 0.1) is 11.3 Å². The smallest absolute Gasteiger partial charge is 0.101 e. The van der Waals surface area contributed by atoms with Crippen LogP contribution in [0.1, 0.15) is 5.56 Å². The number of hydrogen-bond acceptors (Lipinski definition) is 2. The van der Waals surface area contributed by atoms with E-state index in [1.807, 2.05) is 30.3 Å². The van der Waals surface area contributed by atoms with Crippen molar-refractivity contribution in [1.82, 2.24) is 4.98 Å². The van der Waals surface area contributed by atoms with E-state index in [-0.39, 0.29) is 12.4 Å².